The molecule has 0 spiro atoms. The number of hydrogen-bond donors (Lipinski definition) is 1. The third-order valence-electron chi connectivity index (χ3n) is 4.56. The Kier molecular flexibility index (Phi) is 5.28. The largest absolute Gasteiger partial charge is 0.480 e. The molecule has 2 aromatic carbocycles. The van der Waals surface area contributed by atoms with Gasteiger partial charge in [0.15, 0.2) is 0 Å². The summed E-state index contributed by atoms with van der Waals surface area (Å²) >= 11 is 0. The van der Waals surface area contributed by atoms with Gasteiger partial charge in [-0.05, 0) is 30.7 Å². The molecule has 0 aliphatic rings. The van der Waals surface area contributed by atoms with Crippen LogP contribution in [0, 0.1) is 18.3 Å². The first-order valence-electron chi connectivity index (χ1n) is 8.67. The minimum absolute atomic E-state index is 0.0241. The number of anilines is 1. The number of carboxylic acids is 1. The molecule has 3 aromatic rings. The lowest BCUT2D eigenvalue weighted by Crippen LogP contribution is -2.27. The summed E-state index contributed by atoms with van der Waals surface area (Å²) in [4.78, 5) is 25.5. The molecule has 0 saturated carbocycles. The summed E-state index contributed by atoms with van der Waals surface area (Å²) in [5.41, 5.74) is 2.98. The molecular formula is C22H19N3O3. The Morgan fingerprint density at radius 2 is 1.86 bits per heavy atom. The predicted molar refractivity (Wildman–Crippen MR) is 108 cm³/mol. The number of benzene rings is 2. The number of likely N-dealkylation sites (N-methyl/N-ethyl adjacent to an activating group) is 1. The number of nitrogens with zero attached hydrogens (tertiary/aromatic N) is 3. The van der Waals surface area contributed by atoms with E-state index < -0.39 is 11.9 Å². The number of aromatic nitrogens is 1. The minimum Gasteiger partial charge on any atom is -0.480 e. The summed E-state index contributed by atoms with van der Waals surface area (Å²) in [6.45, 7) is 1.70. The maximum absolute atomic E-state index is 12.9. The molecule has 0 fully saturated rings. The second kappa shape index (κ2) is 7.80. The lowest BCUT2D eigenvalue weighted by Gasteiger charge is -2.18. The lowest BCUT2D eigenvalue weighted by atomic mass is 10.1. The number of rotatable bonds is 5. The van der Waals surface area contributed by atoms with E-state index in [-0.39, 0.29) is 12.1 Å². The van der Waals surface area contributed by atoms with E-state index in [1.807, 2.05) is 61.5 Å². The summed E-state index contributed by atoms with van der Waals surface area (Å²) in [5.74, 6) is -1.39. The van der Waals surface area contributed by atoms with Crippen LogP contribution in [0.1, 0.15) is 11.1 Å². The molecule has 0 aliphatic carbocycles. The first-order valence-corrected chi connectivity index (χ1v) is 8.67. The van der Waals surface area contributed by atoms with Crippen molar-refractivity contribution in [3.63, 3.8) is 0 Å². The average Bonchev–Trinajstić information content (AvgIpc) is 3.02. The van der Waals surface area contributed by atoms with Gasteiger partial charge in [-0.2, -0.15) is 5.26 Å². The number of para-hydroxylation sites is 2. The van der Waals surface area contributed by atoms with Gasteiger partial charge in [0.2, 0.25) is 0 Å². The zero-order chi connectivity index (χ0) is 20.3. The van der Waals surface area contributed by atoms with Gasteiger partial charge in [0.25, 0.3) is 5.91 Å². The third kappa shape index (κ3) is 3.64. The molecule has 3 rings (SSSR count). The molecule has 0 bridgehead atoms. The number of aryl methyl sites for hydroxylation is 1. The Morgan fingerprint density at radius 1 is 1.18 bits per heavy atom. The standard InChI is InChI=1S/C22H19N3O3/c1-15-7-3-5-9-19(15)24(2)22(28)16(12-23)11-17-13-25(14-21(26)27)20-10-6-4-8-18(17)20/h3-11,13H,14H2,1-2H3,(H,26,27). The number of nitriles is 1. The smallest absolute Gasteiger partial charge is 0.323 e. The molecular weight excluding hydrogens is 354 g/mol. The van der Waals surface area contributed by atoms with Crippen molar-refractivity contribution < 1.29 is 14.7 Å². The van der Waals surface area contributed by atoms with Crippen LogP contribution in [-0.2, 0) is 16.1 Å². The van der Waals surface area contributed by atoms with Gasteiger partial charge in [-0.25, -0.2) is 0 Å². The molecule has 1 aromatic heterocycles. The van der Waals surface area contributed by atoms with Crippen LogP contribution in [0.5, 0.6) is 0 Å². The van der Waals surface area contributed by atoms with Crippen molar-refractivity contribution in [2.45, 2.75) is 13.5 Å². The van der Waals surface area contributed by atoms with Crippen molar-refractivity contribution in [2.75, 3.05) is 11.9 Å². The fourth-order valence-electron chi connectivity index (χ4n) is 3.19. The van der Waals surface area contributed by atoms with Gasteiger partial charge in [-0.1, -0.05) is 36.4 Å². The van der Waals surface area contributed by atoms with Gasteiger partial charge >= 0.3 is 5.97 Å². The molecule has 0 saturated heterocycles. The summed E-state index contributed by atoms with van der Waals surface area (Å²) in [6.07, 6.45) is 3.16. The summed E-state index contributed by atoms with van der Waals surface area (Å²) in [5, 5.41) is 19.5. The number of fused-ring (bicyclic) bond motifs is 1. The maximum atomic E-state index is 12.9. The van der Waals surface area contributed by atoms with E-state index >= 15 is 0 Å². The van der Waals surface area contributed by atoms with Crippen LogP contribution in [0.25, 0.3) is 17.0 Å². The molecule has 1 heterocycles. The van der Waals surface area contributed by atoms with Gasteiger partial charge < -0.3 is 14.6 Å². The molecule has 0 aliphatic heterocycles. The monoisotopic (exact) mass is 373 g/mol. The molecule has 0 atom stereocenters. The fourth-order valence-corrected chi connectivity index (χ4v) is 3.19. The van der Waals surface area contributed by atoms with Gasteiger partial charge in [-0.3, -0.25) is 9.59 Å². The van der Waals surface area contributed by atoms with E-state index in [4.69, 9.17) is 5.11 Å². The van der Waals surface area contributed by atoms with Crippen LogP contribution in [0.2, 0.25) is 0 Å². The van der Waals surface area contributed by atoms with E-state index in [0.717, 1.165) is 22.2 Å². The first-order chi connectivity index (χ1) is 13.4. The van der Waals surface area contributed by atoms with E-state index in [9.17, 15) is 14.9 Å². The quantitative estimate of drug-likeness (QED) is 0.547. The highest BCUT2D eigenvalue weighted by Crippen LogP contribution is 2.25. The number of amides is 1. The van der Waals surface area contributed by atoms with Gasteiger partial charge in [0, 0.05) is 35.4 Å². The van der Waals surface area contributed by atoms with Gasteiger partial charge in [0.05, 0.1) is 0 Å². The topological polar surface area (TPSA) is 86.3 Å². The Hall–Kier alpha value is -3.85. The average molecular weight is 373 g/mol. The predicted octanol–water partition coefficient (Wildman–Crippen LogP) is 3.60. The van der Waals surface area contributed by atoms with Crippen molar-refractivity contribution in [1.82, 2.24) is 4.57 Å². The van der Waals surface area contributed by atoms with Crippen molar-refractivity contribution in [3.05, 3.63) is 71.4 Å². The highest BCUT2D eigenvalue weighted by Gasteiger charge is 2.19. The maximum Gasteiger partial charge on any atom is 0.323 e. The molecule has 1 N–H and O–H groups in total. The zero-order valence-corrected chi connectivity index (χ0v) is 15.6. The van der Waals surface area contributed by atoms with E-state index in [2.05, 4.69) is 0 Å². The SMILES string of the molecule is Cc1ccccc1N(C)C(=O)C(C#N)=Cc1cn(CC(=O)O)c2ccccc12. The number of aliphatic carboxylic acids is 1. The third-order valence-corrected chi connectivity index (χ3v) is 4.56. The van der Waals surface area contributed by atoms with Crippen LogP contribution in [0.3, 0.4) is 0 Å². The van der Waals surface area contributed by atoms with Crippen LogP contribution in [0.4, 0.5) is 5.69 Å². The second-order valence-electron chi connectivity index (χ2n) is 6.44. The number of carbonyl (C=O) groups excluding carboxylic acids is 1. The van der Waals surface area contributed by atoms with E-state index in [0.29, 0.717) is 5.56 Å². The highest BCUT2D eigenvalue weighted by atomic mass is 16.4. The van der Waals surface area contributed by atoms with Crippen LogP contribution in [0.15, 0.2) is 60.3 Å². The minimum atomic E-state index is -0.966. The Bertz CT molecular complexity index is 1140. The summed E-state index contributed by atoms with van der Waals surface area (Å²) in [7, 11) is 1.63. The van der Waals surface area contributed by atoms with Crippen molar-refractivity contribution in [3.8, 4) is 6.07 Å². The van der Waals surface area contributed by atoms with E-state index in [1.54, 1.807) is 17.8 Å². The van der Waals surface area contributed by atoms with Crippen molar-refractivity contribution in [2.24, 2.45) is 0 Å². The molecule has 140 valence electrons. The van der Waals surface area contributed by atoms with Gasteiger partial charge in [-0.15, -0.1) is 0 Å². The van der Waals surface area contributed by atoms with E-state index in [1.165, 1.54) is 11.0 Å². The Balaban J connectivity index is 2.04. The Labute approximate surface area is 162 Å². The molecule has 0 unspecified atom stereocenters. The van der Waals surface area contributed by atoms with Crippen molar-refractivity contribution >= 4 is 34.5 Å². The number of hydrogen-bond acceptors (Lipinski definition) is 3. The van der Waals surface area contributed by atoms with Gasteiger partial charge in [0.1, 0.15) is 18.2 Å². The molecule has 1 amide bonds. The number of carboxylic acid groups (broad SMARTS) is 1. The lowest BCUT2D eigenvalue weighted by molar-refractivity contribution is -0.137. The van der Waals surface area contributed by atoms with Crippen LogP contribution < -0.4 is 4.90 Å². The molecule has 6 nitrogen and oxygen atoms in total. The highest BCUT2D eigenvalue weighted by molar-refractivity contribution is 6.12. The van der Waals surface area contributed by atoms with Crippen LogP contribution >= 0.6 is 0 Å². The fraction of sp³-hybridized carbons (Fsp3) is 0.136. The van der Waals surface area contributed by atoms with Crippen molar-refractivity contribution in [1.29, 1.82) is 5.26 Å². The van der Waals surface area contributed by atoms with Crippen LogP contribution in [-0.4, -0.2) is 28.6 Å². The normalized spacial score (nSPS) is 11.2. The molecule has 28 heavy (non-hydrogen) atoms. The Morgan fingerprint density at radius 3 is 2.54 bits per heavy atom. The summed E-state index contributed by atoms with van der Waals surface area (Å²) < 4.78 is 1.59. The molecule has 6 heteroatoms. The number of carbonyl (C=O) groups is 2. The summed E-state index contributed by atoms with van der Waals surface area (Å²) in [6, 6.07) is 16.7. The zero-order valence-electron chi connectivity index (χ0n) is 15.6. The second-order valence-corrected chi connectivity index (χ2v) is 6.44. The first kappa shape index (κ1) is 18.9. The molecule has 0 radical (unpaired) electrons.